The summed E-state index contributed by atoms with van der Waals surface area (Å²) >= 11 is 0. The van der Waals surface area contributed by atoms with Gasteiger partial charge in [0.05, 0.1) is 7.11 Å². The Labute approximate surface area is 79.7 Å². The minimum atomic E-state index is -0.632. The van der Waals surface area contributed by atoms with Crippen molar-refractivity contribution in [3.05, 3.63) is 12.2 Å². The molecule has 1 atom stereocenters. The number of rotatable bonds is 5. The summed E-state index contributed by atoms with van der Waals surface area (Å²) in [6.45, 7) is 3.95. The molecule has 0 aromatic carbocycles. The molecule has 0 fully saturated rings. The van der Waals surface area contributed by atoms with Crippen LogP contribution in [-0.2, 0) is 9.47 Å². The quantitative estimate of drug-likeness (QED) is 0.376. The van der Waals surface area contributed by atoms with Crippen LogP contribution in [-0.4, -0.2) is 19.4 Å². The molecule has 0 spiro atoms. The van der Waals surface area contributed by atoms with E-state index in [-0.39, 0.29) is 6.10 Å². The number of ether oxygens (including phenoxy) is 2. The summed E-state index contributed by atoms with van der Waals surface area (Å²) in [4.78, 5) is 10.6. The molecule has 0 aromatic heterocycles. The summed E-state index contributed by atoms with van der Waals surface area (Å²) in [5, 5.41) is 0. The fourth-order valence-corrected chi connectivity index (χ4v) is 0.849. The number of allylic oxidation sites excluding steroid dienone is 1. The van der Waals surface area contributed by atoms with Crippen molar-refractivity contribution in [3.63, 3.8) is 0 Å². The van der Waals surface area contributed by atoms with Gasteiger partial charge in [-0.1, -0.05) is 25.8 Å². The highest BCUT2D eigenvalue weighted by Gasteiger charge is 2.04. The second-order valence-corrected chi connectivity index (χ2v) is 2.85. The van der Waals surface area contributed by atoms with E-state index in [1.807, 2.05) is 12.2 Å². The van der Waals surface area contributed by atoms with Gasteiger partial charge in [-0.15, -0.1) is 0 Å². The predicted octanol–water partition coefficient (Wildman–Crippen LogP) is 2.90. The monoisotopic (exact) mass is 186 g/mol. The van der Waals surface area contributed by atoms with E-state index in [9.17, 15) is 4.79 Å². The van der Waals surface area contributed by atoms with Gasteiger partial charge in [-0.3, -0.25) is 0 Å². The van der Waals surface area contributed by atoms with Crippen LogP contribution in [0, 0.1) is 0 Å². The van der Waals surface area contributed by atoms with Gasteiger partial charge in [0, 0.05) is 0 Å². The first kappa shape index (κ1) is 12.0. The lowest BCUT2D eigenvalue weighted by Crippen LogP contribution is -2.12. The zero-order chi connectivity index (χ0) is 10.1. The molecular formula is C10H18O3. The van der Waals surface area contributed by atoms with Crippen LogP contribution >= 0.6 is 0 Å². The molecule has 3 heteroatoms. The average Bonchev–Trinajstić information content (AvgIpc) is 2.12. The highest BCUT2D eigenvalue weighted by Crippen LogP contribution is 1.99. The Bertz CT molecular complexity index is 164. The highest BCUT2D eigenvalue weighted by molar-refractivity contribution is 5.59. The molecule has 0 saturated heterocycles. The van der Waals surface area contributed by atoms with Crippen LogP contribution in [0.4, 0.5) is 4.79 Å². The lowest BCUT2D eigenvalue weighted by molar-refractivity contribution is 0.0578. The average molecular weight is 186 g/mol. The van der Waals surface area contributed by atoms with E-state index in [2.05, 4.69) is 11.7 Å². The van der Waals surface area contributed by atoms with Crippen molar-refractivity contribution in [2.24, 2.45) is 0 Å². The summed E-state index contributed by atoms with van der Waals surface area (Å²) < 4.78 is 9.19. The molecule has 0 aliphatic heterocycles. The van der Waals surface area contributed by atoms with Crippen molar-refractivity contribution in [1.82, 2.24) is 0 Å². The molecule has 0 aromatic rings. The largest absolute Gasteiger partial charge is 0.508 e. The highest BCUT2D eigenvalue weighted by atomic mass is 16.7. The summed E-state index contributed by atoms with van der Waals surface area (Å²) in [5.74, 6) is 0. The second kappa shape index (κ2) is 7.65. The molecule has 0 bridgehead atoms. The van der Waals surface area contributed by atoms with E-state index in [1.54, 1.807) is 6.92 Å². The molecule has 1 unspecified atom stereocenters. The number of hydrogen-bond donors (Lipinski definition) is 0. The SMILES string of the molecule is CCCC/C=C/C(C)OC(=O)OC. The van der Waals surface area contributed by atoms with Crippen LogP contribution in [0.3, 0.4) is 0 Å². The predicted molar refractivity (Wildman–Crippen MR) is 51.6 cm³/mol. The van der Waals surface area contributed by atoms with Gasteiger partial charge in [0.15, 0.2) is 0 Å². The molecule has 76 valence electrons. The summed E-state index contributed by atoms with van der Waals surface area (Å²) in [6, 6.07) is 0. The Kier molecular flexibility index (Phi) is 7.07. The maximum atomic E-state index is 10.6. The second-order valence-electron chi connectivity index (χ2n) is 2.85. The molecule has 13 heavy (non-hydrogen) atoms. The number of hydrogen-bond acceptors (Lipinski definition) is 3. The van der Waals surface area contributed by atoms with Crippen LogP contribution in [0.2, 0.25) is 0 Å². The van der Waals surface area contributed by atoms with Gasteiger partial charge in [0.25, 0.3) is 0 Å². The molecule has 3 nitrogen and oxygen atoms in total. The number of carbonyl (C=O) groups excluding carboxylic acids is 1. The van der Waals surface area contributed by atoms with Gasteiger partial charge in [0.2, 0.25) is 0 Å². The van der Waals surface area contributed by atoms with Gasteiger partial charge in [-0.2, -0.15) is 0 Å². The van der Waals surface area contributed by atoms with Crippen LogP contribution < -0.4 is 0 Å². The molecule has 0 radical (unpaired) electrons. The molecule has 0 rings (SSSR count). The maximum Gasteiger partial charge on any atom is 0.508 e. The summed E-state index contributed by atoms with van der Waals surface area (Å²) in [5.41, 5.74) is 0. The number of unbranched alkanes of at least 4 members (excludes halogenated alkanes) is 2. The van der Waals surface area contributed by atoms with Crippen LogP contribution in [0.15, 0.2) is 12.2 Å². The van der Waals surface area contributed by atoms with Crippen molar-refractivity contribution in [2.45, 2.75) is 39.2 Å². The first-order valence-electron chi connectivity index (χ1n) is 4.62. The normalized spacial score (nSPS) is 12.8. The van der Waals surface area contributed by atoms with Crippen molar-refractivity contribution < 1.29 is 14.3 Å². The lowest BCUT2D eigenvalue weighted by Gasteiger charge is -2.06. The first-order chi connectivity index (χ1) is 6.20. The molecule has 0 saturated carbocycles. The minimum absolute atomic E-state index is 0.204. The van der Waals surface area contributed by atoms with E-state index in [1.165, 1.54) is 20.0 Å². The first-order valence-corrected chi connectivity index (χ1v) is 4.62. The fraction of sp³-hybridized carbons (Fsp3) is 0.700. The zero-order valence-electron chi connectivity index (χ0n) is 8.58. The van der Waals surface area contributed by atoms with Crippen molar-refractivity contribution >= 4 is 6.16 Å². The molecular weight excluding hydrogens is 168 g/mol. The lowest BCUT2D eigenvalue weighted by atomic mass is 10.2. The standard InChI is InChI=1S/C10H18O3/c1-4-5-6-7-8-9(2)13-10(11)12-3/h7-9H,4-6H2,1-3H3/b8-7+. The third kappa shape index (κ3) is 7.37. The Morgan fingerprint density at radius 1 is 1.54 bits per heavy atom. The van der Waals surface area contributed by atoms with Crippen molar-refractivity contribution in [1.29, 1.82) is 0 Å². The topological polar surface area (TPSA) is 35.5 Å². The van der Waals surface area contributed by atoms with Gasteiger partial charge in [-0.05, 0) is 19.4 Å². The third-order valence-corrected chi connectivity index (χ3v) is 1.58. The van der Waals surface area contributed by atoms with Gasteiger partial charge in [-0.25, -0.2) is 4.79 Å². The van der Waals surface area contributed by atoms with Crippen LogP contribution in [0.1, 0.15) is 33.1 Å². The fourth-order valence-electron chi connectivity index (χ4n) is 0.849. The van der Waals surface area contributed by atoms with E-state index in [0.717, 1.165) is 6.42 Å². The van der Waals surface area contributed by atoms with Gasteiger partial charge >= 0.3 is 6.16 Å². The van der Waals surface area contributed by atoms with Crippen molar-refractivity contribution in [3.8, 4) is 0 Å². The molecule has 0 amide bonds. The Morgan fingerprint density at radius 3 is 2.77 bits per heavy atom. The number of carbonyl (C=O) groups is 1. The van der Waals surface area contributed by atoms with Crippen molar-refractivity contribution in [2.75, 3.05) is 7.11 Å². The molecule has 0 N–H and O–H groups in total. The molecule has 0 aliphatic carbocycles. The van der Waals surface area contributed by atoms with Gasteiger partial charge < -0.3 is 9.47 Å². The Morgan fingerprint density at radius 2 is 2.23 bits per heavy atom. The van der Waals surface area contributed by atoms with E-state index < -0.39 is 6.16 Å². The molecule has 0 heterocycles. The van der Waals surface area contributed by atoms with Gasteiger partial charge in [0.1, 0.15) is 6.10 Å². The van der Waals surface area contributed by atoms with E-state index >= 15 is 0 Å². The third-order valence-electron chi connectivity index (χ3n) is 1.58. The Hall–Kier alpha value is -0.990. The van der Waals surface area contributed by atoms with E-state index in [4.69, 9.17) is 4.74 Å². The number of methoxy groups -OCH3 is 1. The Balaban J connectivity index is 3.54. The molecule has 0 aliphatic rings. The smallest absolute Gasteiger partial charge is 0.438 e. The van der Waals surface area contributed by atoms with Crippen LogP contribution in [0.25, 0.3) is 0 Å². The summed E-state index contributed by atoms with van der Waals surface area (Å²) in [7, 11) is 1.30. The minimum Gasteiger partial charge on any atom is -0.438 e. The maximum absolute atomic E-state index is 10.6. The zero-order valence-corrected chi connectivity index (χ0v) is 8.58. The summed E-state index contributed by atoms with van der Waals surface area (Å²) in [6.07, 6.45) is 6.43. The van der Waals surface area contributed by atoms with E-state index in [0.29, 0.717) is 0 Å². The van der Waals surface area contributed by atoms with Crippen LogP contribution in [0.5, 0.6) is 0 Å².